The molecule has 128 valence electrons. The van der Waals surface area contributed by atoms with Gasteiger partial charge in [-0.15, -0.1) is 0 Å². The Hall–Kier alpha value is -1.86. The predicted molar refractivity (Wildman–Crippen MR) is 90.8 cm³/mol. The Balaban J connectivity index is 1.96. The first-order valence-corrected chi connectivity index (χ1v) is 8.09. The van der Waals surface area contributed by atoms with Crippen LogP contribution in [0.25, 0.3) is 17.5 Å². The number of furan rings is 1. The average molecular weight is 332 g/mol. The largest absolute Gasteiger partial charge is 0.525 e. The van der Waals surface area contributed by atoms with Crippen molar-refractivity contribution in [3.63, 3.8) is 0 Å². The summed E-state index contributed by atoms with van der Waals surface area (Å²) in [6.07, 6.45) is 3.67. The molecule has 0 amide bonds. The molecule has 0 bridgehead atoms. The average Bonchev–Trinajstić information content (AvgIpc) is 3.18. The fourth-order valence-corrected chi connectivity index (χ4v) is 2.57. The van der Waals surface area contributed by atoms with Gasteiger partial charge in [0, 0.05) is 11.3 Å². The Labute approximate surface area is 141 Å². The first-order valence-electron chi connectivity index (χ1n) is 8.09. The lowest BCUT2D eigenvalue weighted by Gasteiger charge is -2.32. The molecule has 0 aliphatic carbocycles. The van der Waals surface area contributed by atoms with E-state index in [0.717, 1.165) is 5.69 Å². The van der Waals surface area contributed by atoms with Gasteiger partial charge in [0.15, 0.2) is 5.76 Å². The van der Waals surface area contributed by atoms with Gasteiger partial charge in [0.05, 0.1) is 17.5 Å². The van der Waals surface area contributed by atoms with E-state index in [4.69, 9.17) is 13.7 Å². The molecule has 1 fully saturated rings. The molecule has 0 radical (unpaired) electrons. The van der Waals surface area contributed by atoms with Crippen LogP contribution in [-0.2, 0) is 15.7 Å². The van der Waals surface area contributed by atoms with Gasteiger partial charge >= 0.3 is 7.12 Å². The van der Waals surface area contributed by atoms with Crippen LogP contribution in [0.2, 0.25) is 0 Å². The second-order valence-corrected chi connectivity index (χ2v) is 6.91. The summed E-state index contributed by atoms with van der Waals surface area (Å²) in [7, 11) is -1.03. The molecule has 1 aliphatic heterocycles. The maximum atomic E-state index is 14.8. The van der Waals surface area contributed by atoms with Crippen molar-refractivity contribution in [2.75, 3.05) is 0 Å². The van der Waals surface area contributed by atoms with Crippen molar-refractivity contribution < 1.29 is 18.1 Å². The summed E-state index contributed by atoms with van der Waals surface area (Å²) in [5.74, 6) is 0.582. The standard InChI is InChI=1S/C17H22BFN2O3/c1-6-12-11(15(21-20-12)13-8-7-9-22-13)10-14(19)18-23-16(2,3)17(4,5)24-18/h7-10H,6H2,1-5H3,(H,20,21). The maximum Gasteiger partial charge on any atom is 0.525 e. The number of H-pyrrole nitrogens is 1. The zero-order valence-electron chi connectivity index (χ0n) is 14.6. The van der Waals surface area contributed by atoms with E-state index in [0.29, 0.717) is 23.4 Å². The molecule has 1 N–H and O–H groups in total. The van der Waals surface area contributed by atoms with Crippen LogP contribution in [0.1, 0.15) is 45.9 Å². The van der Waals surface area contributed by atoms with E-state index in [-0.39, 0.29) is 0 Å². The van der Waals surface area contributed by atoms with Crippen LogP contribution in [0, 0.1) is 0 Å². The lowest BCUT2D eigenvalue weighted by Crippen LogP contribution is -2.41. The van der Waals surface area contributed by atoms with Crippen LogP contribution in [0.4, 0.5) is 4.39 Å². The molecule has 0 atom stereocenters. The molecule has 7 heteroatoms. The Morgan fingerprint density at radius 2 is 1.96 bits per heavy atom. The van der Waals surface area contributed by atoms with Crippen molar-refractivity contribution in [1.29, 1.82) is 0 Å². The summed E-state index contributed by atoms with van der Waals surface area (Å²) in [6, 6.07) is 3.56. The minimum atomic E-state index is -1.03. The summed E-state index contributed by atoms with van der Waals surface area (Å²) in [4.78, 5) is 0. The summed E-state index contributed by atoms with van der Waals surface area (Å²) in [5.41, 5.74) is 0.390. The Morgan fingerprint density at radius 3 is 2.50 bits per heavy atom. The van der Waals surface area contributed by atoms with Crippen LogP contribution in [0.3, 0.4) is 0 Å². The molecule has 0 aromatic carbocycles. The topological polar surface area (TPSA) is 60.3 Å². The van der Waals surface area contributed by atoms with Gasteiger partial charge in [0.2, 0.25) is 0 Å². The quantitative estimate of drug-likeness (QED) is 0.854. The van der Waals surface area contributed by atoms with Gasteiger partial charge in [-0.3, -0.25) is 5.10 Å². The fraction of sp³-hybridized carbons (Fsp3) is 0.471. The minimum absolute atomic E-state index is 0.488. The summed E-state index contributed by atoms with van der Waals surface area (Å²) >= 11 is 0. The highest BCUT2D eigenvalue weighted by atomic mass is 19.1. The van der Waals surface area contributed by atoms with Gasteiger partial charge in [0.25, 0.3) is 0 Å². The van der Waals surface area contributed by atoms with Gasteiger partial charge in [0.1, 0.15) is 11.4 Å². The summed E-state index contributed by atoms with van der Waals surface area (Å²) in [5, 5.41) is 7.19. The van der Waals surface area contributed by atoms with Crippen molar-refractivity contribution in [2.45, 2.75) is 52.2 Å². The van der Waals surface area contributed by atoms with E-state index in [1.54, 1.807) is 18.4 Å². The predicted octanol–water partition coefficient (Wildman–Crippen LogP) is 4.17. The van der Waals surface area contributed by atoms with E-state index in [1.165, 1.54) is 6.08 Å². The zero-order valence-corrected chi connectivity index (χ0v) is 14.6. The van der Waals surface area contributed by atoms with E-state index in [1.807, 2.05) is 34.6 Å². The highest BCUT2D eigenvalue weighted by Crippen LogP contribution is 2.39. The number of aromatic amines is 1. The molecular formula is C17H22BFN2O3. The molecule has 3 heterocycles. The van der Waals surface area contributed by atoms with Crippen LogP contribution in [0.15, 0.2) is 28.5 Å². The third-order valence-corrected chi connectivity index (χ3v) is 4.75. The molecule has 1 saturated heterocycles. The Kier molecular flexibility index (Phi) is 4.17. The van der Waals surface area contributed by atoms with E-state index in [2.05, 4.69) is 10.2 Å². The normalized spacial score (nSPS) is 19.9. The third-order valence-electron chi connectivity index (χ3n) is 4.75. The van der Waals surface area contributed by atoms with Crippen LogP contribution >= 0.6 is 0 Å². The number of halogens is 1. The van der Waals surface area contributed by atoms with Gasteiger partial charge in [-0.25, -0.2) is 4.39 Å². The molecule has 0 spiro atoms. The summed E-state index contributed by atoms with van der Waals surface area (Å²) < 4.78 is 31.7. The molecule has 1 aliphatic rings. The first-order chi connectivity index (χ1) is 11.2. The maximum absolute atomic E-state index is 14.8. The molecule has 2 aromatic heterocycles. The van der Waals surface area contributed by atoms with E-state index < -0.39 is 24.0 Å². The lowest BCUT2D eigenvalue weighted by atomic mass is 9.86. The Bertz CT molecular complexity index is 734. The molecule has 0 saturated carbocycles. The third kappa shape index (κ3) is 2.82. The fourth-order valence-electron chi connectivity index (χ4n) is 2.57. The number of hydrogen-bond acceptors (Lipinski definition) is 4. The smallest absolute Gasteiger partial charge is 0.463 e. The minimum Gasteiger partial charge on any atom is -0.463 e. The number of nitrogens with zero attached hydrogens (tertiary/aromatic N) is 1. The highest BCUT2D eigenvalue weighted by molar-refractivity contribution is 6.54. The van der Waals surface area contributed by atoms with Crippen molar-refractivity contribution >= 4 is 13.2 Å². The van der Waals surface area contributed by atoms with Crippen LogP contribution < -0.4 is 0 Å². The van der Waals surface area contributed by atoms with Gasteiger partial charge in [-0.2, -0.15) is 5.10 Å². The van der Waals surface area contributed by atoms with E-state index >= 15 is 0 Å². The van der Waals surface area contributed by atoms with Crippen LogP contribution in [0.5, 0.6) is 0 Å². The Morgan fingerprint density at radius 1 is 1.29 bits per heavy atom. The molecule has 24 heavy (non-hydrogen) atoms. The number of nitrogens with one attached hydrogen (secondary N) is 1. The SMILES string of the molecule is CCc1[nH]nc(-c2ccco2)c1C=C(F)B1OC(C)(C)C(C)(C)O1. The molecule has 2 aromatic rings. The highest BCUT2D eigenvalue weighted by Gasteiger charge is 2.53. The molecule has 0 unspecified atom stereocenters. The number of aromatic nitrogens is 2. The van der Waals surface area contributed by atoms with Crippen molar-refractivity contribution in [3.8, 4) is 11.5 Å². The van der Waals surface area contributed by atoms with Crippen molar-refractivity contribution in [1.82, 2.24) is 10.2 Å². The van der Waals surface area contributed by atoms with Crippen LogP contribution in [-0.4, -0.2) is 28.5 Å². The van der Waals surface area contributed by atoms with Gasteiger partial charge in [-0.05, 0) is 52.3 Å². The number of rotatable bonds is 4. The molecular weight excluding hydrogens is 310 g/mol. The van der Waals surface area contributed by atoms with E-state index in [9.17, 15) is 4.39 Å². The second kappa shape index (κ2) is 5.90. The van der Waals surface area contributed by atoms with Crippen molar-refractivity contribution in [3.05, 3.63) is 35.4 Å². The molecule has 3 rings (SSSR count). The molecule has 5 nitrogen and oxygen atoms in total. The first kappa shape index (κ1) is 17.0. The summed E-state index contributed by atoms with van der Waals surface area (Å²) in [6.45, 7) is 9.55. The number of aryl methyl sites for hydroxylation is 1. The van der Waals surface area contributed by atoms with Gasteiger partial charge in [-0.1, -0.05) is 6.92 Å². The zero-order chi connectivity index (χ0) is 17.5. The van der Waals surface area contributed by atoms with Crippen molar-refractivity contribution in [2.24, 2.45) is 0 Å². The number of hydrogen-bond donors (Lipinski definition) is 1. The second-order valence-electron chi connectivity index (χ2n) is 6.91. The lowest BCUT2D eigenvalue weighted by molar-refractivity contribution is 0.00578. The van der Waals surface area contributed by atoms with Gasteiger partial charge < -0.3 is 13.7 Å². The monoisotopic (exact) mass is 332 g/mol.